The van der Waals surface area contributed by atoms with Crippen LogP contribution in [0.15, 0.2) is 18.2 Å². The molecule has 5 heteroatoms. The normalized spacial score (nSPS) is 12.0. The maximum absolute atomic E-state index is 11.9. The molecule has 0 radical (unpaired) electrons. The average molecular weight is 310 g/mol. The summed E-state index contributed by atoms with van der Waals surface area (Å²) in [4.78, 5) is 11.9. The molecule has 0 unspecified atom stereocenters. The van der Waals surface area contributed by atoms with Crippen molar-refractivity contribution in [2.24, 2.45) is 5.92 Å². The molecule has 1 atom stereocenters. The second kappa shape index (κ2) is 10.1. The first-order valence-electron chi connectivity index (χ1n) is 7.63. The molecule has 0 saturated carbocycles. The van der Waals surface area contributed by atoms with E-state index in [1.807, 2.05) is 0 Å². The van der Waals surface area contributed by atoms with Crippen LogP contribution in [-0.2, 0) is 20.7 Å². The van der Waals surface area contributed by atoms with Crippen LogP contribution in [0.4, 0.5) is 0 Å². The van der Waals surface area contributed by atoms with Crippen LogP contribution < -0.4 is 4.74 Å². The smallest absolute Gasteiger partial charge is 0.308 e. The highest BCUT2D eigenvalue weighted by Crippen LogP contribution is 2.27. The molecule has 0 amide bonds. The number of unbranched alkanes of at least 4 members (excludes halogenated alkanes) is 2. The average Bonchev–Trinajstić information content (AvgIpc) is 2.53. The summed E-state index contributed by atoms with van der Waals surface area (Å²) in [6.07, 6.45) is 4.34. The first-order valence-corrected chi connectivity index (χ1v) is 7.63. The fourth-order valence-corrected chi connectivity index (χ4v) is 2.32. The Hall–Kier alpha value is -1.75. The predicted molar refractivity (Wildman–Crippen MR) is 84.0 cm³/mol. The molecule has 124 valence electrons. The van der Waals surface area contributed by atoms with Gasteiger partial charge < -0.3 is 19.3 Å². The van der Waals surface area contributed by atoms with E-state index in [0.29, 0.717) is 17.7 Å². The van der Waals surface area contributed by atoms with E-state index in [2.05, 4.69) is 6.92 Å². The number of aromatic hydroxyl groups is 1. The van der Waals surface area contributed by atoms with Crippen LogP contribution >= 0.6 is 0 Å². The number of benzene rings is 1. The number of phenols is 1. The van der Waals surface area contributed by atoms with Crippen molar-refractivity contribution >= 4 is 5.97 Å². The van der Waals surface area contributed by atoms with Crippen LogP contribution in [0.3, 0.4) is 0 Å². The van der Waals surface area contributed by atoms with Crippen molar-refractivity contribution in [3.63, 3.8) is 0 Å². The number of hydrogen-bond acceptors (Lipinski definition) is 5. The number of carbonyl (C=O) groups excluding carboxylic acids is 1. The van der Waals surface area contributed by atoms with Gasteiger partial charge in [-0.1, -0.05) is 26.2 Å². The van der Waals surface area contributed by atoms with Gasteiger partial charge in [0.15, 0.2) is 6.79 Å². The largest absolute Gasteiger partial charge is 0.508 e. The zero-order valence-electron chi connectivity index (χ0n) is 13.6. The van der Waals surface area contributed by atoms with Gasteiger partial charge in [-0.25, -0.2) is 0 Å². The monoisotopic (exact) mass is 310 g/mol. The third kappa shape index (κ3) is 5.93. The molecular weight excluding hydrogens is 284 g/mol. The summed E-state index contributed by atoms with van der Waals surface area (Å²) in [6, 6.07) is 4.98. The number of phenolic OH excluding ortho intramolecular Hbond substituents is 1. The fourth-order valence-electron chi connectivity index (χ4n) is 2.32. The molecule has 0 aliphatic rings. The summed E-state index contributed by atoms with van der Waals surface area (Å²) in [5, 5.41) is 10.00. The lowest BCUT2D eigenvalue weighted by Gasteiger charge is -2.16. The van der Waals surface area contributed by atoms with Crippen LogP contribution in [-0.4, -0.2) is 32.1 Å². The van der Waals surface area contributed by atoms with E-state index in [9.17, 15) is 9.90 Å². The van der Waals surface area contributed by atoms with Gasteiger partial charge >= 0.3 is 5.97 Å². The molecule has 0 spiro atoms. The molecule has 0 fully saturated rings. The van der Waals surface area contributed by atoms with Crippen LogP contribution in [0.1, 0.15) is 38.2 Å². The van der Waals surface area contributed by atoms with E-state index in [1.165, 1.54) is 7.11 Å². The third-order valence-corrected chi connectivity index (χ3v) is 3.55. The zero-order chi connectivity index (χ0) is 16.4. The maximum atomic E-state index is 11.9. The van der Waals surface area contributed by atoms with Crippen molar-refractivity contribution in [3.05, 3.63) is 23.8 Å². The molecule has 22 heavy (non-hydrogen) atoms. The van der Waals surface area contributed by atoms with E-state index < -0.39 is 0 Å². The van der Waals surface area contributed by atoms with Crippen molar-refractivity contribution in [2.75, 3.05) is 21.0 Å². The van der Waals surface area contributed by atoms with E-state index >= 15 is 0 Å². The first kappa shape index (κ1) is 18.3. The van der Waals surface area contributed by atoms with E-state index in [4.69, 9.17) is 14.2 Å². The lowest BCUT2D eigenvalue weighted by Crippen LogP contribution is -2.19. The Labute approximate surface area is 132 Å². The maximum Gasteiger partial charge on any atom is 0.308 e. The number of rotatable bonds is 10. The molecule has 0 aromatic heterocycles. The van der Waals surface area contributed by atoms with Gasteiger partial charge in [-0.05, 0) is 36.6 Å². The standard InChI is InChI=1S/C17H26O5/c1-4-5-6-7-13(17(19)21-3)10-14-11-15(22-12-20-2)8-9-16(14)18/h8-9,11,13,18H,4-7,10,12H2,1-3H3/t13-/m0/s1. The Morgan fingerprint density at radius 2 is 2.05 bits per heavy atom. The third-order valence-electron chi connectivity index (χ3n) is 3.55. The first-order chi connectivity index (χ1) is 10.6. The lowest BCUT2D eigenvalue weighted by molar-refractivity contribution is -0.145. The minimum Gasteiger partial charge on any atom is -0.508 e. The molecule has 0 aliphatic carbocycles. The Bertz CT molecular complexity index is 458. The molecule has 5 nitrogen and oxygen atoms in total. The quantitative estimate of drug-likeness (QED) is 0.408. The lowest BCUT2D eigenvalue weighted by atomic mass is 9.93. The van der Waals surface area contributed by atoms with E-state index in [-0.39, 0.29) is 24.4 Å². The highest BCUT2D eigenvalue weighted by atomic mass is 16.7. The minimum atomic E-state index is -0.250. The number of ether oxygens (including phenoxy) is 3. The molecule has 1 rings (SSSR count). The molecule has 0 saturated heterocycles. The van der Waals surface area contributed by atoms with E-state index in [0.717, 1.165) is 25.7 Å². The van der Waals surface area contributed by atoms with Crippen molar-refractivity contribution in [3.8, 4) is 11.5 Å². The van der Waals surface area contributed by atoms with Gasteiger partial charge in [-0.15, -0.1) is 0 Å². The molecule has 1 N–H and O–H groups in total. The van der Waals surface area contributed by atoms with Crippen LogP contribution in [0.25, 0.3) is 0 Å². The Balaban J connectivity index is 2.79. The summed E-state index contributed by atoms with van der Waals surface area (Å²) in [5.41, 5.74) is 0.681. The number of hydrogen-bond donors (Lipinski definition) is 1. The second-order valence-electron chi connectivity index (χ2n) is 5.26. The van der Waals surface area contributed by atoms with Crippen LogP contribution in [0, 0.1) is 5.92 Å². The van der Waals surface area contributed by atoms with Crippen molar-refractivity contribution in [1.29, 1.82) is 0 Å². The van der Waals surface area contributed by atoms with E-state index in [1.54, 1.807) is 25.3 Å². The Morgan fingerprint density at radius 1 is 1.27 bits per heavy atom. The van der Waals surface area contributed by atoms with Gasteiger partial charge in [-0.3, -0.25) is 4.79 Å². The summed E-state index contributed by atoms with van der Waals surface area (Å²) < 4.78 is 15.1. The number of esters is 1. The molecule has 1 aromatic carbocycles. The summed E-state index contributed by atoms with van der Waals surface area (Å²) in [7, 11) is 2.94. The second-order valence-corrected chi connectivity index (χ2v) is 5.26. The van der Waals surface area contributed by atoms with Gasteiger partial charge in [0.2, 0.25) is 0 Å². The number of carbonyl (C=O) groups is 1. The van der Waals surface area contributed by atoms with Crippen molar-refractivity contribution in [2.45, 2.75) is 39.0 Å². The van der Waals surface area contributed by atoms with Crippen LogP contribution in [0.5, 0.6) is 11.5 Å². The molecule has 1 aromatic rings. The molecular formula is C17H26O5. The van der Waals surface area contributed by atoms with Crippen molar-refractivity contribution < 1.29 is 24.1 Å². The summed E-state index contributed by atoms with van der Waals surface area (Å²) >= 11 is 0. The van der Waals surface area contributed by atoms with Gasteiger partial charge in [-0.2, -0.15) is 0 Å². The highest BCUT2D eigenvalue weighted by Gasteiger charge is 2.21. The highest BCUT2D eigenvalue weighted by molar-refractivity contribution is 5.72. The van der Waals surface area contributed by atoms with Gasteiger partial charge in [0, 0.05) is 7.11 Å². The number of methoxy groups -OCH3 is 2. The SMILES string of the molecule is CCCCC[C@@H](Cc1cc(OCOC)ccc1O)C(=O)OC. The topological polar surface area (TPSA) is 65.0 Å². The minimum absolute atomic E-state index is 0.140. The summed E-state index contributed by atoms with van der Waals surface area (Å²) in [6.45, 7) is 2.26. The predicted octanol–water partition coefficient (Wildman–Crippen LogP) is 3.29. The van der Waals surface area contributed by atoms with Crippen LogP contribution in [0.2, 0.25) is 0 Å². The Morgan fingerprint density at radius 3 is 2.68 bits per heavy atom. The molecule has 0 heterocycles. The van der Waals surface area contributed by atoms with Gasteiger partial charge in [0.25, 0.3) is 0 Å². The molecule has 0 aliphatic heterocycles. The van der Waals surface area contributed by atoms with Crippen molar-refractivity contribution in [1.82, 2.24) is 0 Å². The van der Waals surface area contributed by atoms with Gasteiger partial charge in [0.05, 0.1) is 13.0 Å². The zero-order valence-corrected chi connectivity index (χ0v) is 13.6. The Kier molecular flexibility index (Phi) is 8.36. The summed E-state index contributed by atoms with van der Waals surface area (Å²) in [5.74, 6) is 0.278. The molecule has 0 bridgehead atoms. The van der Waals surface area contributed by atoms with Gasteiger partial charge in [0.1, 0.15) is 11.5 Å². The fraction of sp³-hybridized carbons (Fsp3) is 0.588.